The van der Waals surface area contributed by atoms with Gasteiger partial charge in [0.25, 0.3) is 5.91 Å². The van der Waals surface area contributed by atoms with Gasteiger partial charge in [-0.3, -0.25) is 4.79 Å². The van der Waals surface area contributed by atoms with E-state index in [4.69, 9.17) is 0 Å². The molecule has 3 rings (SSSR count). The lowest BCUT2D eigenvalue weighted by molar-refractivity contribution is 0.102. The molecule has 0 saturated carbocycles. The predicted octanol–water partition coefficient (Wildman–Crippen LogP) is 3.98. The van der Waals surface area contributed by atoms with E-state index in [1.165, 1.54) is 6.20 Å². The molecule has 0 bridgehead atoms. The van der Waals surface area contributed by atoms with Crippen molar-refractivity contribution in [1.29, 1.82) is 0 Å². The molecular weight excluding hydrogens is 300 g/mol. The summed E-state index contributed by atoms with van der Waals surface area (Å²) in [6.07, 6.45) is 1.30. The molecule has 0 aliphatic carbocycles. The van der Waals surface area contributed by atoms with Gasteiger partial charge in [-0.15, -0.1) is 0 Å². The number of benzene rings is 2. The number of carbonyl (C=O) groups is 1. The molecular formula is C15H8F4N2O. The second-order valence-electron chi connectivity index (χ2n) is 4.59. The summed E-state index contributed by atoms with van der Waals surface area (Å²) in [7, 11) is 0. The summed E-state index contributed by atoms with van der Waals surface area (Å²) < 4.78 is 53.0. The van der Waals surface area contributed by atoms with Crippen molar-refractivity contribution in [2.75, 3.05) is 5.32 Å². The summed E-state index contributed by atoms with van der Waals surface area (Å²) in [6.45, 7) is 0. The topological polar surface area (TPSA) is 44.9 Å². The Morgan fingerprint density at radius 1 is 0.955 bits per heavy atom. The summed E-state index contributed by atoms with van der Waals surface area (Å²) in [4.78, 5) is 14.6. The van der Waals surface area contributed by atoms with Gasteiger partial charge in [-0.05, 0) is 24.3 Å². The third-order valence-corrected chi connectivity index (χ3v) is 3.14. The van der Waals surface area contributed by atoms with Gasteiger partial charge in [0.15, 0.2) is 11.6 Å². The number of hydrogen-bond acceptors (Lipinski definition) is 1. The standard InChI is InChI=1S/C15H8F4N2O/c16-7-1-2-10(17)8(3-7)15(22)21-14-6-20-13-5-12(19)11(18)4-9(13)14/h1-6,20H,(H,21,22). The Bertz CT molecular complexity index is 889. The number of hydrogen-bond donors (Lipinski definition) is 2. The fourth-order valence-electron chi connectivity index (χ4n) is 2.08. The van der Waals surface area contributed by atoms with E-state index in [0.717, 1.165) is 30.3 Å². The molecule has 0 aliphatic rings. The van der Waals surface area contributed by atoms with Gasteiger partial charge in [-0.1, -0.05) is 0 Å². The van der Waals surface area contributed by atoms with Crippen molar-refractivity contribution in [3.05, 3.63) is 65.4 Å². The molecule has 1 heterocycles. The van der Waals surface area contributed by atoms with Gasteiger partial charge in [-0.25, -0.2) is 17.6 Å². The number of aromatic amines is 1. The summed E-state index contributed by atoms with van der Waals surface area (Å²) in [5.74, 6) is -4.68. The van der Waals surface area contributed by atoms with Crippen LogP contribution in [0.5, 0.6) is 0 Å². The maximum Gasteiger partial charge on any atom is 0.258 e. The van der Waals surface area contributed by atoms with E-state index in [2.05, 4.69) is 10.3 Å². The quantitative estimate of drug-likeness (QED) is 0.691. The molecule has 0 saturated heterocycles. The predicted molar refractivity (Wildman–Crippen MR) is 72.5 cm³/mol. The van der Waals surface area contributed by atoms with E-state index in [1.54, 1.807) is 0 Å². The highest BCUT2D eigenvalue weighted by molar-refractivity contribution is 6.09. The Morgan fingerprint density at radius 3 is 2.45 bits per heavy atom. The Labute approximate surface area is 121 Å². The van der Waals surface area contributed by atoms with Crippen LogP contribution in [0, 0.1) is 23.3 Å². The fourth-order valence-corrected chi connectivity index (χ4v) is 2.08. The van der Waals surface area contributed by atoms with E-state index >= 15 is 0 Å². The Morgan fingerprint density at radius 2 is 1.68 bits per heavy atom. The van der Waals surface area contributed by atoms with E-state index in [0.29, 0.717) is 0 Å². The number of anilines is 1. The highest BCUT2D eigenvalue weighted by Crippen LogP contribution is 2.26. The smallest absolute Gasteiger partial charge is 0.258 e. The van der Waals surface area contributed by atoms with E-state index in [9.17, 15) is 22.4 Å². The van der Waals surface area contributed by atoms with E-state index < -0.39 is 34.7 Å². The second-order valence-corrected chi connectivity index (χ2v) is 4.59. The average Bonchev–Trinajstić information content (AvgIpc) is 2.84. The third kappa shape index (κ3) is 2.41. The molecule has 0 spiro atoms. The van der Waals surface area contributed by atoms with Crippen molar-refractivity contribution in [2.24, 2.45) is 0 Å². The van der Waals surface area contributed by atoms with Gasteiger partial charge in [0.2, 0.25) is 0 Å². The van der Waals surface area contributed by atoms with Gasteiger partial charge < -0.3 is 10.3 Å². The van der Waals surface area contributed by atoms with Gasteiger partial charge in [0, 0.05) is 17.6 Å². The van der Waals surface area contributed by atoms with Crippen LogP contribution >= 0.6 is 0 Å². The number of halogens is 4. The number of amides is 1. The second kappa shape index (κ2) is 5.18. The number of carbonyl (C=O) groups excluding carboxylic acids is 1. The molecule has 0 unspecified atom stereocenters. The minimum Gasteiger partial charge on any atom is -0.359 e. The van der Waals surface area contributed by atoms with Gasteiger partial charge in [0.1, 0.15) is 11.6 Å². The van der Waals surface area contributed by atoms with Crippen molar-refractivity contribution in [2.45, 2.75) is 0 Å². The molecule has 0 aliphatic heterocycles. The minimum atomic E-state index is -1.08. The molecule has 2 N–H and O–H groups in total. The molecule has 1 amide bonds. The van der Waals surface area contributed by atoms with Crippen LogP contribution < -0.4 is 5.32 Å². The highest BCUT2D eigenvalue weighted by Gasteiger charge is 2.16. The summed E-state index contributed by atoms with van der Waals surface area (Å²) in [5.41, 5.74) is -0.103. The van der Waals surface area contributed by atoms with Crippen molar-refractivity contribution in [3.63, 3.8) is 0 Å². The van der Waals surface area contributed by atoms with Crippen LogP contribution in [-0.4, -0.2) is 10.9 Å². The summed E-state index contributed by atoms with van der Waals surface area (Å²) in [5, 5.41) is 2.54. The van der Waals surface area contributed by atoms with Crippen LogP contribution in [-0.2, 0) is 0 Å². The van der Waals surface area contributed by atoms with Gasteiger partial charge in [-0.2, -0.15) is 0 Å². The van der Waals surface area contributed by atoms with Crippen LogP contribution in [0.25, 0.3) is 10.9 Å². The van der Waals surface area contributed by atoms with Crippen LogP contribution in [0.4, 0.5) is 23.2 Å². The molecule has 0 fully saturated rings. The Kier molecular flexibility index (Phi) is 3.32. The Hall–Kier alpha value is -2.83. The van der Waals surface area contributed by atoms with Crippen LogP contribution in [0.3, 0.4) is 0 Å². The SMILES string of the molecule is O=C(Nc1c[nH]c2cc(F)c(F)cc12)c1cc(F)ccc1F. The number of nitrogens with one attached hydrogen (secondary N) is 2. The molecule has 3 aromatic rings. The number of aromatic nitrogens is 1. The van der Waals surface area contributed by atoms with Crippen molar-refractivity contribution in [1.82, 2.24) is 4.98 Å². The average molecular weight is 308 g/mol. The zero-order chi connectivity index (χ0) is 15.9. The normalized spacial score (nSPS) is 10.9. The monoisotopic (exact) mass is 308 g/mol. The van der Waals surface area contributed by atoms with Gasteiger partial charge >= 0.3 is 0 Å². The molecule has 2 aromatic carbocycles. The number of fused-ring (bicyclic) bond motifs is 1. The molecule has 1 aromatic heterocycles. The fraction of sp³-hybridized carbons (Fsp3) is 0. The molecule has 3 nitrogen and oxygen atoms in total. The minimum absolute atomic E-state index is 0.127. The molecule has 22 heavy (non-hydrogen) atoms. The molecule has 7 heteroatoms. The molecule has 0 atom stereocenters. The van der Waals surface area contributed by atoms with Gasteiger partial charge in [0.05, 0.1) is 16.8 Å². The zero-order valence-corrected chi connectivity index (χ0v) is 10.9. The summed E-state index contributed by atoms with van der Waals surface area (Å²) >= 11 is 0. The maximum absolute atomic E-state index is 13.5. The summed E-state index contributed by atoms with van der Waals surface area (Å²) in [6, 6.07) is 4.30. The van der Waals surface area contributed by atoms with Crippen LogP contribution in [0.1, 0.15) is 10.4 Å². The van der Waals surface area contributed by atoms with E-state index in [1.807, 2.05) is 0 Å². The van der Waals surface area contributed by atoms with Crippen LogP contribution in [0.15, 0.2) is 36.5 Å². The lowest BCUT2D eigenvalue weighted by Crippen LogP contribution is -2.13. The van der Waals surface area contributed by atoms with Crippen molar-refractivity contribution >= 4 is 22.5 Å². The van der Waals surface area contributed by atoms with Crippen LogP contribution in [0.2, 0.25) is 0 Å². The number of rotatable bonds is 2. The van der Waals surface area contributed by atoms with E-state index in [-0.39, 0.29) is 16.6 Å². The highest BCUT2D eigenvalue weighted by atomic mass is 19.2. The zero-order valence-electron chi connectivity index (χ0n) is 10.9. The first-order valence-electron chi connectivity index (χ1n) is 6.18. The molecule has 112 valence electrons. The maximum atomic E-state index is 13.5. The first kappa shape index (κ1) is 14.1. The third-order valence-electron chi connectivity index (χ3n) is 3.14. The molecule has 0 radical (unpaired) electrons. The largest absolute Gasteiger partial charge is 0.359 e. The lowest BCUT2D eigenvalue weighted by Gasteiger charge is -2.05. The number of H-pyrrole nitrogens is 1. The first-order chi connectivity index (χ1) is 10.5. The first-order valence-corrected chi connectivity index (χ1v) is 6.18. The van der Waals surface area contributed by atoms with Crippen molar-refractivity contribution in [3.8, 4) is 0 Å². The lowest BCUT2D eigenvalue weighted by atomic mass is 10.1. The Balaban J connectivity index is 1.98. The van der Waals surface area contributed by atoms with Crippen molar-refractivity contribution < 1.29 is 22.4 Å².